The Morgan fingerprint density at radius 1 is 1.46 bits per heavy atom. The second-order valence-corrected chi connectivity index (χ2v) is 4.55. The summed E-state index contributed by atoms with van der Waals surface area (Å²) in [4.78, 5) is -0.0294. The van der Waals surface area contributed by atoms with E-state index in [1.807, 2.05) is 0 Å². The van der Waals surface area contributed by atoms with Crippen LogP contribution in [0.4, 0.5) is 14.5 Å². The molecule has 1 unspecified atom stereocenters. The van der Waals surface area contributed by atoms with Crippen LogP contribution in [0.5, 0.6) is 0 Å². The van der Waals surface area contributed by atoms with Crippen molar-refractivity contribution in [2.45, 2.75) is 10.7 Å². The van der Waals surface area contributed by atoms with Crippen LogP contribution in [0.15, 0.2) is 27.6 Å². The first-order valence-electron chi connectivity index (χ1n) is 3.26. The Balaban J connectivity index is 3.09. The molecule has 0 aliphatic rings. The van der Waals surface area contributed by atoms with Crippen LogP contribution in [0, 0.1) is 0 Å². The first kappa shape index (κ1) is 10.6. The van der Waals surface area contributed by atoms with E-state index in [0.717, 1.165) is 0 Å². The van der Waals surface area contributed by atoms with E-state index in [-0.39, 0.29) is 10.6 Å². The molecule has 0 aliphatic heterocycles. The van der Waals surface area contributed by atoms with Crippen molar-refractivity contribution in [1.29, 1.82) is 0 Å². The third-order valence-corrected chi connectivity index (χ3v) is 2.97. The van der Waals surface area contributed by atoms with E-state index in [4.69, 9.17) is 5.73 Å². The number of alkyl halides is 2. The van der Waals surface area contributed by atoms with E-state index in [1.54, 1.807) is 0 Å². The average Bonchev–Trinajstić information content (AvgIpc) is 2.03. The highest BCUT2D eigenvalue weighted by Gasteiger charge is 2.17. The van der Waals surface area contributed by atoms with Crippen LogP contribution in [0.25, 0.3) is 0 Å². The molecule has 72 valence electrons. The van der Waals surface area contributed by atoms with E-state index >= 15 is 0 Å². The minimum atomic E-state index is -2.90. The summed E-state index contributed by atoms with van der Waals surface area (Å²) in [5, 5.41) is 0. The molecule has 1 rings (SSSR count). The minimum absolute atomic E-state index is 0.0294. The zero-order valence-corrected chi connectivity index (χ0v) is 8.74. The minimum Gasteiger partial charge on any atom is -0.398 e. The standard InChI is InChI=1S/C7H6BrF2NOS/c8-4-1-2-6(5(11)3-4)13(12)7(9)10/h1-3,7H,11H2. The molecule has 0 spiro atoms. The Morgan fingerprint density at radius 3 is 2.54 bits per heavy atom. The Hall–Kier alpha value is -0.490. The molecule has 0 aromatic heterocycles. The highest BCUT2D eigenvalue weighted by molar-refractivity contribution is 9.10. The lowest BCUT2D eigenvalue weighted by molar-refractivity contribution is 0.244. The lowest BCUT2D eigenvalue weighted by Gasteiger charge is -2.04. The van der Waals surface area contributed by atoms with Crippen molar-refractivity contribution in [3.05, 3.63) is 22.7 Å². The van der Waals surface area contributed by atoms with E-state index in [2.05, 4.69) is 15.9 Å². The van der Waals surface area contributed by atoms with Gasteiger partial charge < -0.3 is 5.73 Å². The van der Waals surface area contributed by atoms with E-state index in [1.165, 1.54) is 18.2 Å². The van der Waals surface area contributed by atoms with Crippen molar-refractivity contribution in [2.75, 3.05) is 5.73 Å². The maximum Gasteiger partial charge on any atom is 0.316 e. The maximum absolute atomic E-state index is 12.0. The van der Waals surface area contributed by atoms with Crippen molar-refractivity contribution in [1.82, 2.24) is 0 Å². The van der Waals surface area contributed by atoms with Crippen molar-refractivity contribution in [3.63, 3.8) is 0 Å². The summed E-state index contributed by atoms with van der Waals surface area (Å²) < 4.78 is 35.7. The molecule has 0 bridgehead atoms. The van der Waals surface area contributed by atoms with Gasteiger partial charge in [0.05, 0.1) is 4.90 Å². The first-order valence-corrected chi connectivity index (χ1v) is 5.26. The molecule has 0 radical (unpaired) electrons. The smallest absolute Gasteiger partial charge is 0.316 e. The average molecular weight is 270 g/mol. The monoisotopic (exact) mass is 269 g/mol. The highest BCUT2D eigenvalue weighted by Crippen LogP contribution is 2.23. The summed E-state index contributed by atoms with van der Waals surface area (Å²) in [7, 11) is -2.33. The van der Waals surface area contributed by atoms with Gasteiger partial charge >= 0.3 is 5.76 Å². The zero-order valence-electron chi connectivity index (χ0n) is 6.34. The maximum atomic E-state index is 12.0. The fraction of sp³-hybridized carbons (Fsp3) is 0.143. The summed E-state index contributed by atoms with van der Waals surface area (Å²) in [6.07, 6.45) is 0. The molecule has 1 atom stereocenters. The van der Waals surface area contributed by atoms with Gasteiger partial charge in [0.15, 0.2) is 0 Å². The number of nitrogens with two attached hydrogens (primary N) is 1. The largest absolute Gasteiger partial charge is 0.398 e. The molecule has 0 fully saturated rings. The van der Waals surface area contributed by atoms with Crippen LogP contribution < -0.4 is 5.73 Å². The number of benzene rings is 1. The van der Waals surface area contributed by atoms with Gasteiger partial charge in [0.25, 0.3) is 0 Å². The summed E-state index contributed by atoms with van der Waals surface area (Å²) in [6, 6.07) is 4.28. The van der Waals surface area contributed by atoms with Crippen LogP contribution >= 0.6 is 15.9 Å². The quantitative estimate of drug-likeness (QED) is 0.838. The van der Waals surface area contributed by atoms with Gasteiger partial charge in [0.2, 0.25) is 0 Å². The summed E-state index contributed by atoms with van der Waals surface area (Å²) in [5.41, 5.74) is 5.51. The third kappa shape index (κ3) is 2.47. The van der Waals surface area contributed by atoms with Gasteiger partial charge in [-0.2, -0.15) is 8.78 Å². The van der Waals surface area contributed by atoms with Gasteiger partial charge in [-0.1, -0.05) is 15.9 Å². The van der Waals surface area contributed by atoms with Gasteiger partial charge in [-0.15, -0.1) is 0 Å². The number of halogens is 3. The molecule has 0 aliphatic carbocycles. The van der Waals surface area contributed by atoms with Crippen molar-refractivity contribution >= 4 is 32.4 Å². The number of anilines is 1. The SMILES string of the molecule is Nc1cc(Br)ccc1S(=O)C(F)F. The molecular weight excluding hydrogens is 264 g/mol. The van der Waals surface area contributed by atoms with Crippen molar-refractivity contribution in [2.24, 2.45) is 0 Å². The number of nitrogen functional groups attached to an aromatic ring is 1. The van der Waals surface area contributed by atoms with Crippen molar-refractivity contribution < 1.29 is 13.0 Å². The molecule has 1 aromatic rings. The van der Waals surface area contributed by atoms with Gasteiger partial charge in [-0.25, -0.2) is 4.21 Å². The Labute approximate surface area is 84.7 Å². The van der Waals surface area contributed by atoms with Crippen LogP contribution in [-0.4, -0.2) is 9.97 Å². The molecule has 0 saturated heterocycles. The lowest BCUT2D eigenvalue weighted by atomic mass is 10.3. The van der Waals surface area contributed by atoms with Gasteiger partial charge in [0.1, 0.15) is 10.8 Å². The molecule has 6 heteroatoms. The molecule has 0 saturated carbocycles. The predicted octanol–water partition coefficient (Wildman–Crippen LogP) is 2.36. The molecule has 2 N–H and O–H groups in total. The van der Waals surface area contributed by atoms with E-state index in [0.29, 0.717) is 4.47 Å². The van der Waals surface area contributed by atoms with Crippen LogP contribution in [0.1, 0.15) is 0 Å². The number of hydrogen-bond acceptors (Lipinski definition) is 2. The topological polar surface area (TPSA) is 43.1 Å². The Morgan fingerprint density at radius 2 is 2.08 bits per heavy atom. The normalized spacial score (nSPS) is 13.2. The Kier molecular flexibility index (Phi) is 3.38. The first-order chi connectivity index (χ1) is 6.02. The number of rotatable bonds is 2. The van der Waals surface area contributed by atoms with E-state index < -0.39 is 16.6 Å². The van der Waals surface area contributed by atoms with E-state index in [9.17, 15) is 13.0 Å². The summed E-state index contributed by atoms with van der Waals surface area (Å²) in [5.74, 6) is -2.90. The fourth-order valence-electron chi connectivity index (χ4n) is 0.799. The fourth-order valence-corrected chi connectivity index (χ4v) is 1.86. The van der Waals surface area contributed by atoms with Gasteiger partial charge in [0, 0.05) is 10.2 Å². The predicted molar refractivity (Wildman–Crippen MR) is 51.0 cm³/mol. The Bertz CT molecular complexity index is 345. The molecule has 0 heterocycles. The summed E-state index contributed by atoms with van der Waals surface area (Å²) >= 11 is 3.12. The lowest BCUT2D eigenvalue weighted by Crippen LogP contribution is -2.05. The zero-order chi connectivity index (χ0) is 10.0. The molecule has 2 nitrogen and oxygen atoms in total. The number of hydrogen-bond donors (Lipinski definition) is 1. The highest BCUT2D eigenvalue weighted by atomic mass is 79.9. The van der Waals surface area contributed by atoms with Crippen molar-refractivity contribution in [3.8, 4) is 0 Å². The van der Waals surface area contributed by atoms with Crippen LogP contribution in [-0.2, 0) is 10.8 Å². The summed E-state index contributed by atoms with van der Waals surface area (Å²) in [6.45, 7) is 0. The van der Waals surface area contributed by atoms with Crippen LogP contribution in [0.2, 0.25) is 0 Å². The molecule has 1 aromatic carbocycles. The van der Waals surface area contributed by atoms with Crippen LogP contribution in [0.3, 0.4) is 0 Å². The molecule has 13 heavy (non-hydrogen) atoms. The molecule has 0 amide bonds. The third-order valence-electron chi connectivity index (χ3n) is 1.35. The molecular formula is C7H6BrF2NOS. The second kappa shape index (κ2) is 4.15. The second-order valence-electron chi connectivity index (χ2n) is 2.24. The van der Waals surface area contributed by atoms with Gasteiger partial charge in [-0.05, 0) is 18.2 Å². The van der Waals surface area contributed by atoms with Gasteiger partial charge in [-0.3, -0.25) is 0 Å².